The van der Waals surface area contributed by atoms with Gasteiger partial charge in [0.15, 0.2) is 0 Å². The van der Waals surface area contributed by atoms with E-state index in [0.717, 1.165) is 12.8 Å². The summed E-state index contributed by atoms with van der Waals surface area (Å²) >= 11 is 0. The Morgan fingerprint density at radius 3 is 2.42 bits per heavy atom. The molecule has 3 unspecified atom stereocenters. The molecule has 26 heavy (non-hydrogen) atoms. The second-order valence-electron chi connectivity index (χ2n) is 8.73. The first-order valence-electron chi connectivity index (χ1n) is 9.73. The Hall–Kier alpha value is -1.15. The molecule has 1 aliphatic heterocycles. The number of hydrogen-bond acceptors (Lipinski definition) is 4. The van der Waals surface area contributed by atoms with Crippen molar-refractivity contribution >= 4 is 22.0 Å². The lowest BCUT2D eigenvalue weighted by atomic mass is 9.80. The minimum atomic E-state index is -3.45. The fraction of sp³-hybridized carbons (Fsp3) is 0.889. The van der Waals surface area contributed by atoms with Crippen molar-refractivity contribution in [3.05, 3.63) is 0 Å². The van der Waals surface area contributed by atoms with E-state index in [2.05, 4.69) is 4.72 Å². The first kappa shape index (κ1) is 19.6. The lowest BCUT2D eigenvalue weighted by Gasteiger charge is -2.48. The van der Waals surface area contributed by atoms with E-state index in [9.17, 15) is 18.0 Å². The Kier molecular flexibility index (Phi) is 5.11. The molecule has 1 N–H and O–H groups in total. The molecule has 1 heterocycles. The quantitative estimate of drug-likeness (QED) is 0.757. The van der Waals surface area contributed by atoms with Gasteiger partial charge < -0.3 is 4.90 Å². The molecular weight excluding hydrogens is 354 g/mol. The van der Waals surface area contributed by atoms with Gasteiger partial charge in [0.2, 0.25) is 15.9 Å². The molecule has 0 aromatic heterocycles. The summed E-state index contributed by atoms with van der Waals surface area (Å²) in [6.45, 7) is 8.72. The fourth-order valence-corrected chi connectivity index (χ4v) is 6.21. The summed E-state index contributed by atoms with van der Waals surface area (Å²) in [6, 6.07) is -0.402. The van der Waals surface area contributed by atoms with Crippen molar-refractivity contribution in [3.8, 4) is 0 Å². The molecule has 3 aliphatic rings. The van der Waals surface area contributed by atoms with Gasteiger partial charge in [0.1, 0.15) is 0 Å². The second kappa shape index (κ2) is 6.78. The SMILES string of the molecule is CCN1C(=O)C2CC(S(=O)(=O)NC3(C)CC3)CCC2N(CC(C)C)C1=O. The van der Waals surface area contributed by atoms with Crippen molar-refractivity contribution in [2.45, 2.75) is 76.6 Å². The lowest BCUT2D eigenvalue weighted by Crippen LogP contribution is -2.64. The van der Waals surface area contributed by atoms with Crippen LogP contribution in [0.3, 0.4) is 0 Å². The monoisotopic (exact) mass is 385 g/mol. The maximum absolute atomic E-state index is 12.9. The van der Waals surface area contributed by atoms with Crippen LogP contribution in [0.5, 0.6) is 0 Å². The van der Waals surface area contributed by atoms with Crippen molar-refractivity contribution in [1.82, 2.24) is 14.5 Å². The topological polar surface area (TPSA) is 86.8 Å². The Bertz CT molecular complexity index is 687. The van der Waals surface area contributed by atoms with Crippen molar-refractivity contribution < 1.29 is 18.0 Å². The van der Waals surface area contributed by atoms with Crippen LogP contribution in [0.4, 0.5) is 4.79 Å². The van der Waals surface area contributed by atoms with Crippen LogP contribution in [0.2, 0.25) is 0 Å². The van der Waals surface area contributed by atoms with E-state index >= 15 is 0 Å². The zero-order valence-electron chi connectivity index (χ0n) is 16.2. The lowest BCUT2D eigenvalue weighted by molar-refractivity contribution is -0.140. The summed E-state index contributed by atoms with van der Waals surface area (Å²) in [5.74, 6) is -0.335. The average molecular weight is 386 g/mol. The van der Waals surface area contributed by atoms with Crippen LogP contribution in [0.15, 0.2) is 0 Å². The van der Waals surface area contributed by atoms with Crippen LogP contribution < -0.4 is 4.72 Å². The highest BCUT2D eigenvalue weighted by Crippen LogP contribution is 2.40. The third-order valence-corrected chi connectivity index (χ3v) is 8.01. The molecule has 148 valence electrons. The molecule has 0 aromatic rings. The zero-order chi connectivity index (χ0) is 19.3. The number of carbonyl (C=O) groups is 2. The number of carbonyl (C=O) groups excluding carboxylic acids is 2. The van der Waals surface area contributed by atoms with Crippen molar-refractivity contribution in [2.75, 3.05) is 13.1 Å². The number of nitrogens with one attached hydrogen (secondary N) is 1. The van der Waals surface area contributed by atoms with Crippen LogP contribution in [-0.2, 0) is 14.8 Å². The summed E-state index contributed by atoms with van der Waals surface area (Å²) in [4.78, 5) is 28.7. The van der Waals surface area contributed by atoms with E-state index in [4.69, 9.17) is 0 Å². The van der Waals surface area contributed by atoms with Crippen molar-refractivity contribution in [3.63, 3.8) is 0 Å². The molecule has 3 fully saturated rings. The summed E-state index contributed by atoms with van der Waals surface area (Å²) in [5.41, 5.74) is -0.304. The van der Waals surface area contributed by atoms with Crippen LogP contribution >= 0.6 is 0 Å². The van der Waals surface area contributed by atoms with Gasteiger partial charge in [-0.2, -0.15) is 0 Å². The van der Waals surface area contributed by atoms with Gasteiger partial charge in [-0.15, -0.1) is 0 Å². The van der Waals surface area contributed by atoms with Gasteiger partial charge in [0, 0.05) is 24.7 Å². The molecule has 3 amide bonds. The van der Waals surface area contributed by atoms with Crippen molar-refractivity contribution in [2.24, 2.45) is 11.8 Å². The number of fused-ring (bicyclic) bond motifs is 1. The molecule has 3 rings (SSSR count). The number of rotatable bonds is 6. The Labute approximate surface area is 156 Å². The molecule has 1 saturated heterocycles. The number of sulfonamides is 1. The van der Waals surface area contributed by atoms with Gasteiger partial charge >= 0.3 is 6.03 Å². The predicted molar refractivity (Wildman–Crippen MR) is 98.9 cm³/mol. The Balaban J connectivity index is 1.81. The van der Waals surface area contributed by atoms with E-state index < -0.39 is 21.2 Å². The predicted octanol–water partition coefficient (Wildman–Crippen LogP) is 1.94. The number of imide groups is 1. The maximum atomic E-state index is 12.9. The highest BCUT2D eigenvalue weighted by molar-refractivity contribution is 7.90. The first-order chi connectivity index (χ1) is 12.1. The number of urea groups is 1. The van der Waals surface area contributed by atoms with Gasteiger partial charge in [0.25, 0.3) is 0 Å². The summed E-state index contributed by atoms with van der Waals surface area (Å²) in [7, 11) is -3.45. The standard InChI is InChI=1S/C18H31N3O4S/c1-5-20-16(22)14-10-13(26(24,25)19-18(4)8-9-18)6-7-15(14)21(17(20)23)11-12(2)3/h12-15,19H,5-11H2,1-4H3. The molecule has 0 bridgehead atoms. The third kappa shape index (κ3) is 3.63. The van der Waals surface area contributed by atoms with E-state index in [1.165, 1.54) is 4.90 Å². The smallest absolute Gasteiger partial charge is 0.320 e. The Morgan fingerprint density at radius 2 is 1.88 bits per heavy atom. The molecule has 0 aromatic carbocycles. The molecule has 2 aliphatic carbocycles. The molecule has 3 atom stereocenters. The molecule has 8 heteroatoms. The molecule has 0 spiro atoms. The van der Waals surface area contributed by atoms with Gasteiger partial charge in [-0.25, -0.2) is 17.9 Å². The number of nitrogens with zero attached hydrogens (tertiary/aromatic N) is 2. The minimum absolute atomic E-state index is 0.178. The highest BCUT2D eigenvalue weighted by Gasteiger charge is 2.51. The van der Waals surface area contributed by atoms with E-state index in [0.29, 0.717) is 38.3 Å². The van der Waals surface area contributed by atoms with Crippen LogP contribution in [0.25, 0.3) is 0 Å². The molecule has 2 saturated carbocycles. The van der Waals surface area contributed by atoms with Gasteiger partial charge in [0.05, 0.1) is 11.2 Å². The largest absolute Gasteiger partial charge is 0.326 e. The maximum Gasteiger partial charge on any atom is 0.326 e. The molecular formula is C18H31N3O4S. The van der Waals surface area contributed by atoms with Gasteiger partial charge in [-0.1, -0.05) is 13.8 Å². The summed E-state index contributed by atoms with van der Waals surface area (Å²) in [6.07, 6.45) is 3.09. The second-order valence-corrected chi connectivity index (χ2v) is 10.7. The zero-order valence-corrected chi connectivity index (χ0v) is 17.0. The van der Waals surface area contributed by atoms with E-state index in [-0.39, 0.29) is 23.5 Å². The highest BCUT2D eigenvalue weighted by atomic mass is 32.2. The number of amides is 3. The fourth-order valence-electron chi connectivity index (χ4n) is 4.24. The summed E-state index contributed by atoms with van der Waals surface area (Å²) in [5, 5.41) is -0.557. The van der Waals surface area contributed by atoms with Crippen molar-refractivity contribution in [1.29, 1.82) is 0 Å². The molecule has 7 nitrogen and oxygen atoms in total. The van der Waals surface area contributed by atoms with Crippen LogP contribution in [0, 0.1) is 11.8 Å². The average Bonchev–Trinajstić information content (AvgIpc) is 3.27. The van der Waals surface area contributed by atoms with Crippen LogP contribution in [-0.4, -0.2) is 60.1 Å². The van der Waals surface area contributed by atoms with E-state index in [1.54, 1.807) is 11.8 Å². The number of hydrogen-bond donors (Lipinski definition) is 1. The normalized spacial score (nSPS) is 31.3. The van der Waals surface area contributed by atoms with Gasteiger partial charge in [-0.05, 0) is 51.9 Å². The third-order valence-electron chi connectivity index (χ3n) is 5.93. The first-order valence-corrected chi connectivity index (χ1v) is 11.3. The summed E-state index contributed by atoms with van der Waals surface area (Å²) < 4.78 is 28.4. The van der Waals surface area contributed by atoms with Gasteiger partial charge in [-0.3, -0.25) is 9.69 Å². The molecule has 0 radical (unpaired) electrons. The Morgan fingerprint density at radius 1 is 1.23 bits per heavy atom. The van der Waals surface area contributed by atoms with Crippen LogP contribution in [0.1, 0.15) is 59.8 Å². The van der Waals surface area contributed by atoms with E-state index in [1.807, 2.05) is 20.8 Å². The minimum Gasteiger partial charge on any atom is -0.320 e.